The largest absolute Gasteiger partial charge is 0.392 e. The van der Waals surface area contributed by atoms with Crippen molar-refractivity contribution in [3.05, 3.63) is 47.6 Å². The summed E-state index contributed by atoms with van der Waals surface area (Å²) in [4.78, 5) is 58.8. The second-order valence-electron chi connectivity index (χ2n) is 5.87. The molecule has 0 spiro atoms. The first kappa shape index (κ1) is 14.5. The Hall–Kier alpha value is -3.09. The maximum atomic E-state index is 12.6. The second-order valence-corrected chi connectivity index (χ2v) is 5.87. The fourth-order valence-electron chi connectivity index (χ4n) is 3.18. The number of hydrogen-bond donors (Lipinski definition) is 0. The highest BCUT2D eigenvalue weighted by atomic mass is 16.6. The van der Waals surface area contributed by atoms with Crippen LogP contribution in [0.15, 0.2) is 47.6 Å². The fourth-order valence-corrected chi connectivity index (χ4v) is 3.18. The Kier molecular flexibility index (Phi) is 2.99. The summed E-state index contributed by atoms with van der Waals surface area (Å²) >= 11 is 0. The lowest BCUT2D eigenvalue weighted by atomic mass is 9.82. The highest BCUT2D eigenvalue weighted by Gasteiger charge is 2.45. The molecule has 0 aromatic carbocycles. The first-order valence-corrected chi connectivity index (χ1v) is 7.31. The smallest absolute Gasteiger partial charge is 0.321 e. The molecule has 2 aliphatic heterocycles. The van der Waals surface area contributed by atoms with Gasteiger partial charge in [-0.25, -0.2) is 0 Å². The molecule has 0 saturated carbocycles. The molecule has 2 fully saturated rings. The summed E-state index contributed by atoms with van der Waals surface area (Å²) in [6.07, 6.45) is 8.66. The van der Waals surface area contributed by atoms with E-state index in [1.807, 2.05) is 0 Å². The van der Waals surface area contributed by atoms with Gasteiger partial charge < -0.3 is 9.47 Å². The highest BCUT2D eigenvalue weighted by Crippen LogP contribution is 2.35. The normalized spacial score (nSPS) is 33.5. The van der Waals surface area contributed by atoms with Gasteiger partial charge >= 0.3 is 23.9 Å². The van der Waals surface area contributed by atoms with Crippen molar-refractivity contribution in [1.82, 2.24) is 0 Å². The summed E-state index contributed by atoms with van der Waals surface area (Å²) in [5, 5.41) is 0. The van der Waals surface area contributed by atoms with Crippen LogP contribution in [-0.4, -0.2) is 29.7 Å². The average Bonchev–Trinajstić information content (AvgIpc) is 3.02. The van der Waals surface area contributed by atoms with Crippen LogP contribution >= 0.6 is 0 Å². The van der Waals surface area contributed by atoms with Crippen molar-refractivity contribution in [2.45, 2.75) is 0 Å². The molecular formula is C17H10O7. The van der Waals surface area contributed by atoms with E-state index in [0.29, 0.717) is 0 Å². The van der Waals surface area contributed by atoms with Gasteiger partial charge in [-0.1, -0.05) is 36.5 Å². The van der Waals surface area contributed by atoms with Gasteiger partial charge in [-0.05, 0) is 0 Å². The Labute approximate surface area is 135 Å². The van der Waals surface area contributed by atoms with Gasteiger partial charge in [0.25, 0.3) is 0 Å². The van der Waals surface area contributed by atoms with Crippen molar-refractivity contribution in [2.24, 2.45) is 23.7 Å². The van der Waals surface area contributed by atoms with Crippen LogP contribution in [0.2, 0.25) is 0 Å². The topological polar surface area (TPSA) is 104 Å². The minimum Gasteiger partial charge on any atom is -0.392 e. The van der Waals surface area contributed by atoms with Gasteiger partial charge in [0.1, 0.15) is 0 Å². The SMILES string of the molecule is O=C(C1=CC2C(=O)OC(=O)C2C=C1)C1=CC2C(=O)OC(=O)C2C=C1. The molecule has 7 heteroatoms. The lowest BCUT2D eigenvalue weighted by Crippen LogP contribution is -2.22. The van der Waals surface area contributed by atoms with Crippen molar-refractivity contribution < 1.29 is 33.4 Å². The lowest BCUT2D eigenvalue weighted by molar-refractivity contribution is -0.155. The molecule has 4 atom stereocenters. The number of ketones is 1. The number of esters is 4. The second kappa shape index (κ2) is 4.95. The molecule has 4 rings (SSSR count). The summed E-state index contributed by atoms with van der Waals surface area (Å²) in [6.45, 7) is 0. The zero-order valence-corrected chi connectivity index (χ0v) is 12.1. The van der Waals surface area contributed by atoms with Crippen molar-refractivity contribution in [2.75, 3.05) is 0 Å². The number of hydrogen-bond acceptors (Lipinski definition) is 7. The van der Waals surface area contributed by atoms with Gasteiger partial charge in [0.05, 0.1) is 23.7 Å². The first-order chi connectivity index (χ1) is 11.5. The molecule has 120 valence electrons. The van der Waals surface area contributed by atoms with Crippen LogP contribution < -0.4 is 0 Å². The van der Waals surface area contributed by atoms with Crippen LogP contribution in [0.25, 0.3) is 0 Å². The average molecular weight is 326 g/mol. The summed E-state index contributed by atoms with van der Waals surface area (Å²) in [5.41, 5.74) is 0.463. The van der Waals surface area contributed by atoms with E-state index < -0.39 is 53.3 Å². The van der Waals surface area contributed by atoms with Crippen molar-refractivity contribution in [3.8, 4) is 0 Å². The van der Waals surface area contributed by atoms with Crippen molar-refractivity contribution in [3.63, 3.8) is 0 Å². The summed E-state index contributed by atoms with van der Waals surface area (Å²) in [5.74, 6) is -6.03. The van der Waals surface area contributed by atoms with E-state index in [0.717, 1.165) is 0 Å². The summed E-state index contributed by atoms with van der Waals surface area (Å²) in [7, 11) is 0. The fraction of sp³-hybridized carbons (Fsp3) is 0.235. The van der Waals surface area contributed by atoms with Crippen LogP contribution in [0.1, 0.15) is 0 Å². The van der Waals surface area contributed by atoms with E-state index in [1.54, 1.807) is 0 Å². The maximum Gasteiger partial charge on any atom is 0.321 e. The van der Waals surface area contributed by atoms with Gasteiger partial charge in [-0.2, -0.15) is 0 Å². The van der Waals surface area contributed by atoms with E-state index >= 15 is 0 Å². The molecule has 0 N–H and O–H groups in total. The van der Waals surface area contributed by atoms with Gasteiger partial charge in [0, 0.05) is 11.1 Å². The third-order valence-corrected chi connectivity index (χ3v) is 4.47. The zero-order valence-electron chi connectivity index (χ0n) is 12.1. The van der Waals surface area contributed by atoms with Crippen LogP contribution in [0, 0.1) is 23.7 Å². The Morgan fingerprint density at radius 1 is 0.667 bits per heavy atom. The van der Waals surface area contributed by atoms with E-state index in [9.17, 15) is 24.0 Å². The van der Waals surface area contributed by atoms with Gasteiger partial charge in [-0.3, -0.25) is 24.0 Å². The van der Waals surface area contributed by atoms with Crippen LogP contribution in [0.4, 0.5) is 0 Å². The van der Waals surface area contributed by atoms with Gasteiger partial charge in [0.15, 0.2) is 5.78 Å². The predicted molar refractivity (Wildman–Crippen MR) is 75.6 cm³/mol. The lowest BCUT2D eigenvalue weighted by Gasteiger charge is -2.16. The molecule has 0 amide bonds. The standard InChI is InChI=1S/C17H10O7/c18-13(7-1-3-9-11(5-7)16(21)23-14(9)19)8-2-4-10-12(6-8)17(22)24-15(10)20/h1-6,9-12H. The van der Waals surface area contributed by atoms with Gasteiger partial charge in [0.2, 0.25) is 0 Å². The van der Waals surface area contributed by atoms with Gasteiger partial charge in [-0.15, -0.1) is 0 Å². The summed E-state index contributed by atoms with van der Waals surface area (Å²) in [6, 6.07) is 0. The Bertz CT molecular complexity index is 771. The Morgan fingerprint density at radius 2 is 1.04 bits per heavy atom. The zero-order chi connectivity index (χ0) is 17.0. The molecule has 4 aliphatic rings. The Morgan fingerprint density at radius 3 is 1.46 bits per heavy atom. The number of carbonyl (C=O) groups is 5. The highest BCUT2D eigenvalue weighted by molar-refractivity contribution is 6.14. The molecule has 0 aromatic rings. The summed E-state index contributed by atoms with van der Waals surface area (Å²) < 4.78 is 9.10. The maximum absolute atomic E-state index is 12.6. The number of ether oxygens (including phenoxy) is 2. The molecule has 2 saturated heterocycles. The number of carbonyl (C=O) groups excluding carboxylic acids is 5. The third kappa shape index (κ3) is 2.01. The molecule has 4 unspecified atom stereocenters. The third-order valence-electron chi connectivity index (χ3n) is 4.47. The molecule has 0 bridgehead atoms. The minimum atomic E-state index is -0.805. The molecule has 24 heavy (non-hydrogen) atoms. The number of rotatable bonds is 2. The molecule has 0 radical (unpaired) electrons. The molecule has 2 aliphatic carbocycles. The van der Waals surface area contributed by atoms with Crippen LogP contribution in [0.3, 0.4) is 0 Å². The minimum absolute atomic E-state index is 0.231. The van der Waals surface area contributed by atoms with Crippen LogP contribution in [-0.2, 0) is 33.4 Å². The van der Waals surface area contributed by atoms with Crippen molar-refractivity contribution in [1.29, 1.82) is 0 Å². The van der Waals surface area contributed by atoms with E-state index in [2.05, 4.69) is 9.47 Å². The van der Waals surface area contributed by atoms with E-state index in [4.69, 9.17) is 0 Å². The molecule has 0 aromatic heterocycles. The quantitative estimate of drug-likeness (QED) is 0.526. The number of Topliss-reactive ketones (excluding diaryl/α,β-unsaturated/α-hetero) is 1. The first-order valence-electron chi connectivity index (χ1n) is 7.31. The van der Waals surface area contributed by atoms with E-state index in [-0.39, 0.29) is 11.1 Å². The predicted octanol–water partition coefficient (Wildman–Crippen LogP) is 0.179. The van der Waals surface area contributed by atoms with E-state index in [1.165, 1.54) is 36.5 Å². The number of fused-ring (bicyclic) bond motifs is 2. The number of allylic oxidation sites excluding steroid dienone is 4. The van der Waals surface area contributed by atoms with Crippen molar-refractivity contribution >= 4 is 29.7 Å². The molecule has 7 nitrogen and oxygen atoms in total. The number of cyclic esters (lactones) is 4. The molecule has 2 heterocycles. The Balaban J connectivity index is 1.61. The molecular weight excluding hydrogens is 316 g/mol. The van der Waals surface area contributed by atoms with Crippen LogP contribution in [0.5, 0.6) is 0 Å². The monoisotopic (exact) mass is 326 g/mol.